The summed E-state index contributed by atoms with van der Waals surface area (Å²) in [6, 6.07) is 3.73. The number of aliphatic hydroxyl groups excluding tert-OH is 1. The summed E-state index contributed by atoms with van der Waals surface area (Å²) in [5.41, 5.74) is -0.887. The van der Waals surface area contributed by atoms with Crippen molar-refractivity contribution < 1.29 is 38.7 Å². The molecule has 0 amide bonds. The number of aryl methyl sites for hydroxylation is 1. The topological polar surface area (TPSA) is 166 Å². The Labute approximate surface area is 187 Å². The van der Waals surface area contributed by atoms with E-state index in [0.29, 0.717) is 5.56 Å². The first-order chi connectivity index (χ1) is 15.6. The fraction of sp³-hybridized carbons (Fsp3) is 0.429. The van der Waals surface area contributed by atoms with Gasteiger partial charge in [0, 0.05) is 25.3 Å². The highest BCUT2D eigenvalue weighted by molar-refractivity contribution is 5.94. The number of nitrogens with one attached hydrogen (secondary N) is 1. The Morgan fingerprint density at radius 1 is 1.18 bits per heavy atom. The number of aromatic hydroxyl groups is 1. The third-order valence-corrected chi connectivity index (χ3v) is 5.11. The van der Waals surface area contributed by atoms with Crippen LogP contribution >= 0.6 is 0 Å². The first-order valence-electron chi connectivity index (χ1n) is 9.96. The van der Waals surface area contributed by atoms with E-state index in [1.807, 2.05) is 0 Å². The van der Waals surface area contributed by atoms with Crippen LogP contribution in [0.1, 0.15) is 22.8 Å². The molecule has 3 rings (SSSR count). The number of phenols is 1. The Kier molecular flexibility index (Phi) is 7.19. The van der Waals surface area contributed by atoms with Crippen molar-refractivity contribution in [3.05, 3.63) is 56.4 Å². The van der Waals surface area contributed by atoms with E-state index in [1.165, 1.54) is 25.4 Å². The molecule has 1 aromatic heterocycles. The maximum absolute atomic E-state index is 13.0. The summed E-state index contributed by atoms with van der Waals surface area (Å²) in [4.78, 5) is 50.2. The first kappa shape index (κ1) is 24.0. The van der Waals surface area contributed by atoms with Gasteiger partial charge in [-0.15, -0.1) is 0 Å². The van der Waals surface area contributed by atoms with E-state index in [4.69, 9.17) is 18.9 Å². The van der Waals surface area contributed by atoms with Gasteiger partial charge in [-0.1, -0.05) is 0 Å². The number of methoxy groups -OCH3 is 1. The Bertz CT molecular complexity index is 1150. The number of esters is 2. The molecular weight excluding hydrogens is 440 g/mol. The molecule has 0 saturated carbocycles. The second-order valence-corrected chi connectivity index (χ2v) is 7.44. The monoisotopic (exact) mass is 464 g/mol. The van der Waals surface area contributed by atoms with Crippen LogP contribution in [0, 0.1) is 6.92 Å². The van der Waals surface area contributed by atoms with Crippen LogP contribution in [-0.2, 0) is 25.5 Å². The SMILES string of the molecule is COc1cc(O)cc(C)c1C(=O)O[C@H]1[C@@H](OC(C)=O)[C@H](Cn2ccc(=O)[nH]c2=O)O[C@@H]1CO. The number of ether oxygens (including phenoxy) is 4. The number of benzene rings is 1. The molecule has 12 heteroatoms. The Balaban J connectivity index is 1.92. The molecular formula is C21H24N2O10. The molecule has 0 spiro atoms. The third-order valence-electron chi connectivity index (χ3n) is 5.11. The van der Waals surface area contributed by atoms with Crippen LogP contribution in [0.3, 0.4) is 0 Å². The average molecular weight is 464 g/mol. The highest BCUT2D eigenvalue weighted by Gasteiger charge is 2.49. The number of hydrogen-bond acceptors (Lipinski definition) is 10. The van der Waals surface area contributed by atoms with E-state index in [-0.39, 0.29) is 23.6 Å². The van der Waals surface area contributed by atoms with Gasteiger partial charge in [-0.2, -0.15) is 0 Å². The van der Waals surface area contributed by atoms with Gasteiger partial charge in [-0.3, -0.25) is 19.1 Å². The van der Waals surface area contributed by atoms with E-state index in [1.54, 1.807) is 6.92 Å². The fourth-order valence-electron chi connectivity index (χ4n) is 3.70. The molecule has 1 aromatic carbocycles. The predicted octanol–water partition coefficient (Wildman–Crippen LogP) is -0.524. The van der Waals surface area contributed by atoms with Gasteiger partial charge < -0.3 is 29.2 Å². The molecule has 12 nitrogen and oxygen atoms in total. The summed E-state index contributed by atoms with van der Waals surface area (Å²) in [6.45, 7) is 2.00. The van der Waals surface area contributed by atoms with E-state index in [0.717, 1.165) is 17.6 Å². The van der Waals surface area contributed by atoms with Crippen molar-refractivity contribution >= 4 is 11.9 Å². The van der Waals surface area contributed by atoms with Gasteiger partial charge >= 0.3 is 17.6 Å². The van der Waals surface area contributed by atoms with E-state index < -0.39 is 54.2 Å². The predicted molar refractivity (Wildman–Crippen MR) is 111 cm³/mol. The first-order valence-corrected chi connectivity index (χ1v) is 9.96. The van der Waals surface area contributed by atoms with Crippen molar-refractivity contribution in [3.8, 4) is 11.5 Å². The molecule has 2 heterocycles. The smallest absolute Gasteiger partial charge is 0.342 e. The number of rotatable bonds is 7. The van der Waals surface area contributed by atoms with Crippen molar-refractivity contribution in [1.82, 2.24) is 9.55 Å². The summed E-state index contributed by atoms with van der Waals surface area (Å²) < 4.78 is 23.0. The number of aromatic nitrogens is 2. The number of nitrogens with zero attached hydrogens (tertiary/aromatic N) is 1. The number of aromatic amines is 1. The molecule has 0 bridgehead atoms. The summed E-state index contributed by atoms with van der Waals surface area (Å²) >= 11 is 0. The molecule has 0 aliphatic carbocycles. The highest BCUT2D eigenvalue weighted by atomic mass is 16.6. The molecule has 3 N–H and O–H groups in total. The lowest BCUT2D eigenvalue weighted by Crippen LogP contribution is -2.43. The Morgan fingerprint density at radius 2 is 1.88 bits per heavy atom. The van der Waals surface area contributed by atoms with Crippen LogP contribution in [-0.4, -0.2) is 69.8 Å². The maximum atomic E-state index is 13.0. The molecule has 4 atom stereocenters. The summed E-state index contributed by atoms with van der Waals surface area (Å²) in [6.07, 6.45) is -3.17. The molecule has 1 fully saturated rings. The van der Waals surface area contributed by atoms with Crippen molar-refractivity contribution in [2.75, 3.05) is 13.7 Å². The number of carbonyl (C=O) groups excluding carboxylic acids is 2. The summed E-state index contributed by atoms with van der Waals surface area (Å²) in [5, 5.41) is 19.6. The molecule has 0 radical (unpaired) electrons. The number of phenolic OH excluding ortho intramolecular Hbond substituents is 1. The summed E-state index contributed by atoms with van der Waals surface area (Å²) in [5.74, 6) is -1.59. The van der Waals surface area contributed by atoms with Crippen LogP contribution in [0.5, 0.6) is 11.5 Å². The number of aliphatic hydroxyl groups is 1. The zero-order valence-corrected chi connectivity index (χ0v) is 18.1. The van der Waals surface area contributed by atoms with Crippen LogP contribution in [0.15, 0.2) is 34.0 Å². The van der Waals surface area contributed by atoms with Crippen LogP contribution in [0.25, 0.3) is 0 Å². The van der Waals surface area contributed by atoms with Gasteiger partial charge in [0.05, 0.1) is 20.3 Å². The molecule has 2 aromatic rings. The molecule has 178 valence electrons. The molecule has 33 heavy (non-hydrogen) atoms. The van der Waals surface area contributed by atoms with Crippen LogP contribution in [0.2, 0.25) is 0 Å². The molecule has 0 unspecified atom stereocenters. The zero-order valence-electron chi connectivity index (χ0n) is 18.1. The Hall–Kier alpha value is -3.64. The average Bonchev–Trinajstić information content (AvgIpc) is 3.04. The van der Waals surface area contributed by atoms with Gasteiger partial charge in [0.25, 0.3) is 5.56 Å². The van der Waals surface area contributed by atoms with Crippen molar-refractivity contribution in [2.24, 2.45) is 0 Å². The quantitative estimate of drug-likeness (QED) is 0.454. The van der Waals surface area contributed by atoms with Gasteiger partial charge in [-0.05, 0) is 18.6 Å². The molecule has 1 saturated heterocycles. The van der Waals surface area contributed by atoms with Gasteiger partial charge in [0.15, 0.2) is 12.2 Å². The minimum absolute atomic E-state index is 0.0360. The van der Waals surface area contributed by atoms with Gasteiger partial charge in [-0.25, -0.2) is 9.59 Å². The van der Waals surface area contributed by atoms with Crippen LogP contribution < -0.4 is 16.0 Å². The second-order valence-electron chi connectivity index (χ2n) is 7.44. The standard InChI is InChI=1S/C21H24N2O10/c1-10-6-12(26)7-13(30-3)17(10)20(28)33-19-15(9-24)32-14(18(19)31-11(2)25)8-23-5-4-16(27)22-21(23)29/h4-7,14-15,18-19,24,26H,8-9H2,1-3H3,(H,22,27,29)/t14-,15+,18-,19+/m0/s1. The lowest BCUT2D eigenvalue weighted by atomic mass is 10.1. The maximum Gasteiger partial charge on any atom is 0.342 e. The summed E-state index contributed by atoms with van der Waals surface area (Å²) in [7, 11) is 1.32. The van der Waals surface area contributed by atoms with Gasteiger partial charge in [0.1, 0.15) is 29.3 Å². The van der Waals surface area contributed by atoms with Crippen molar-refractivity contribution in [1.29, 1.82) is 0 Å². The number of hydrogen-bond donors (Lipinski definition) is 3. The minimum Gasteiger partial charge on any atom is -0.508 e. The van der Waals surface area contributed by atoms with Crippen LogP contribution in [0.4, 0.5) is 0 Å². The fourth-order valence-corrected chi connectivity index (χ4v) is 3.70. The highest BCUT2D eigenvalue weighted by Crippen LogP contribution is 2.32. The van der Waals surface area contributed by atoms with Crippen molar-refractivity contribution in [3.63, 3.8) is 0 Å². The van der Waals surface area contributed by atoms with E-state index in [9.17, 15) is 29.4 Å². The zero-order chi connectivity index (χ0) is 24.3. The molecule has 1 aliphatic rings. The lowest BCUT2D eigenvalue weighted by Gasteiger charge is -2.24. The largest absolute Gasteiger partial charge is 0.508 e. The van der Waals surface area contributed by atoms with Gasteiger partial charge in [0.2, 0.25) is 0 Å². The van der Waals surface area contributed by atoms with E-state index in [2.05, 4.69) is 4.98 Å². The third kappa shape index (κ3) is 5.23. The minimum atomic E-state index is -1.22. The Morgan fingerprint density at radius 3 is 2.48 bits per heavy atom. The second kappa shape index (κ2) is 9.88. The molecule has 1 aliphatic heterocycles. The van der Waals surface area contributed by atoms with Crippen molar-refractivity contribution in [2.45, 2.75) is 44.8 Å². The number of H-pyrrole nitrogens is 1. The lowest BCUT2D eigenvalue weighted by molar-refractivity contribution is -0.153. The normalized spacial score (nSPS) is 22.1. The van der Waals surface area contributed by atoms with E-state index >= 15 is 0 Å². The number of carbonyl (C=O) groups is 2.